The summed E-state index contributed by atoms with van der Waals surface area (Å²) in [5.41, 5.74) is 5.11. The van der Waals surface area contributed by atoms with E-state index in [-0.39, 0.29) is 0 Å². The van der Waals surface area contributed by atoms with Crippen LogP contribution in [0.4, 0.5) is 0 Å². The van der Waals surface area contributed by atoms with Crippen LogP contribution in [0.25, 0.3) is 37.2 Å². The van der Waals surface area contributed by atoms with Crippen LogP contribution < -0.4 is 0 Å². The van der Waals surface area contributed by atoms with Crippen molar-refractivity contribution in [3.63, 3.8) is 0 Å². The average molecular weight is 339 g/mol. The van der Waals surface area contributed by atoms with Gasteiger partial charge in [0.1, 0.15) is 5.00 Å². The van der Waals surface area contributed by atoms with Gasteiger partial charge in [-0.15, -0.1) is 11.3 Å². The molecule has 0 fully saturated rings. The van der Waals surface area contributed by atoms with Gasteiger partial charge in [0.05, 0.1) is 11.0 Å². The molecule has 0 saturated heterocycles. The van der Waals surface area contributed by atoms with Crippen LogP contribution in [0.1, 0.15) is 5.56 Å². The van der Waals surface area contributed by atoms with Gasteiger partial charge in [0.25, 0.3) is 0 Å². The third-order valence-electron chi connectivity index (χ3n) is 4.70. The number of para-hydroxylation sites is 1. The first-order valence-electron chi connectivity index (χ1n) is 8.47. The molecule has 0 aliphatic rings. The Balaban J connectivity index is 1.79. The highest BCUT2D eigenvalue weighted by atomic mass is 32.1. The fourth-order valence-electron chi connectivity index (χ4n) is 3.53. The molecule has 0 bridgehead atoms. The van der Waals surface area contributed by atoms with E-state index in [2.05, 4.69) is 96.4 Å². The van der Waals surface area contributed by atoms with Gasteiger partial charge in [0, 0.05) is 15.6 Å². The molecule has 5 rings (SSSR count). The first-order chi connectivity index (χ1) is 12.3. The summed E-state index contributed by atoms with van der Waals surface area (Å²) in [5, 5.41) is 3.90. The monoisotopic (exact) mass is 339 g/mol. The van der Waals surface area contributed by atoms with Crippen molar-refractivity contribution in [1.29, 1.82) is 0 Å². The van der Waals surface area contributed by atoms with Crippen molar-refractivity contribution in [3.8, 4) is 15.4 Å². The van der Waals surface area contributed by atoms with Gasteiger partial charge < -0.3 is 4.57 Å². The molecule has 1 nitrogen and oxygen atoms in total. The van der Waals surface area contributed by atoms with Gasteiger partial charge in [0.15, 0.2) is 0 Å². The minimum Gasteiger partial charge on any atom is -0.301 e. The second-order valence-corrected chi connectivity index (χ2v) is 7.44. The molecule has 0 saturated carbocycles. The fraction of sp³-hybridized carbons (Fsp3) is 0.0435. The minimum absolute atomic E-state index is 1.26. The Bertz CT molecular complexity index is 1190. The number of aromatic nitrogens is 1. The lowest BCUT2D eigenvalue weighted by atomic mass is 10.1. The Kier molecular flexibility index (Phi) is 3.25. The van der Waals surface area contributed by atoms with Crippen molar-refractivity contribution in [3.05, 3.63) is 90.5 Å². The van der Waals surface area contributed by atoms with Crippen LogP contribution in [0.2, 0.25) is 0 Å². The van der Waals surface area contributed by atoms with Gasteiger partial charge in [-0.25, -0.2) is 0 Å². The molecule has 120 valence electrons. The molecule has 0 unspecified atom stereocenters. The predicted molar refractivity (Wildman–Crippen MR) is 109 cm³/mol. The van der Waals surface area contributed by atoms with Crippen molar-refractivity contribution in [2.75, 3.05) is 0 Å². The van der Waals surface area contributed by atoms with Gasteiger partial charge in [-0.2, -0.15) is 0 Å². The molecule has 0 aliphatic carbocycles. The van der Waals surface area contributed by atoms with Gasteiger partial charge in [-0.3, -0.25) is 0 Å². The lowest BCUT2D eigenvalue weighted by Gasteiger charge is -2.04. The number of fused-ring (bicyclic) bond motifs is 3. The molecule has 25 heavy (non-hydrogen) atoms. The van der Waals surface area contributed by atoms with E-state index < -0.39 is 0 Å². The Hall–Kier alpha value is -2.84. The molecule has 0 atom stereocenters. The van der Waals surface area contributed by atoms with Gasteiger partial charge >= 0.3 is 0 Å². The number of rotatable bonds is 2. The summed E-state index contributed by atoms with van der Waals surface area (Å²) >= 11 is 1.84. The molecule has 2 heteroatoms. The topological polar surface area (TPSA) is 4.93 Å². The molecule has 3 aromatic carbocycles. The van der Waals surface area contributed by atoms with Crippen LogP contribution in [0.3, 0.4) is 0 Å². The van der Waals surface area contributed by atoms with E-state index in [1.165, 1.54) is 42.8 Å². The maximum absolute atomic E-state index is 2.39. The first-order valence-corrected chi connectivity index (χ1v) is 9.28. The van der Waals surface area contributed by atoms with Crippen molar-refractivity contribution in [2.24, 2.45) is 0 Å². The van der Waals surface area contributed by atoms with Gasteiger partial charge in [-0.05, 0) is 42.8 Å². The summed E-state index contributed by atoms with van der Waals surface area (Å²) in [6.45, 7) is 2.16. The zero-order chi connectivity index (χ0) is 16.8. The Morgan fingerprint density at radius 1 is 0.680 bits per heavy atom. The van der Waals surface area contributed by atoms with Crippen molar-refractivity contribution in [2.45, 2.75) is 6.92 Å². The van der Waals surface area contributed by atoms with Crippen molar-refractivity contribution in [1.82, 2.24) is 4.57 Å². The lowest BCUT2D eigenvalue weighted by Crippen LogP contribution is -1.89. The highest BCUT2D eigenvalue weighted by molar-refractivity contribution is 7.18. The lowest BCUT2D eigenvalue weighted by molar-refractivity contribution is 1.22. The van der Waals surface area contributed by atoms with Crippen LogP contribution in [0, 0.1) is 6.92 Å². The van der Waals surface area contributed by atoms with Crippen molar-refractivity contribution >= 4 is 33.1 Å². The SMILES string of the molecule is Cc1ccc2c(c1)c1ccccc1n2-c1ccc(-c2ccccc2)s1. The largest absolute Gasteiger partial charge is 0.301 e. The normalized spacial score (nSPS) is 11.4. The van der Waals surface area contributed by atoms with E-state index in [1.807, 2.05) is 11.3 Å². The molecule has 0 N–H and O–H groups in total. The molecule has 2 heterocycles. The zero-order valence-corrected chi connectivity index (χ0v) is 14.8. The van der Waals surface area contributed by atoms with E-state index in [0.29, 0.717) is 0 Å². The van der Waals surface area contributed by atoms with Crippen molar-refractivity contribution < 1.29 is 0 Å². The predicted octanol–water partition coefficient (Wildman–Crippen LogP) is 6.82. The van der Waals surface area contributed by atoms with Gasteiger partial charge in [0.2, 0.25) is 0 Å². The quantitative estimate of drug-likeness (QED) is 0.332. The number of nitrogens with zero attached hydrogens (tertiary/aromatic N) is 1. The summed E-state index contributed by atoms with van der Waals surface area (Å²) < 4.78 is 2.39. The highest BCUT2D eigenvalue weighted by Gasteiger charge is 2.13. The smallest absolute Gasteiger partial charge is 0.101 e. The molecular formula is C23H17NS. The maximum atomic E-state index is 2.39. The van der Waals surface area contributed by atoms with Crippen LogP contribution in [0.15, 0.2) is 84.9 Å². The molecule has 0 amide bonds. The number of thiophene rings is 1. The molecule has 2 aromatic heterocycles. The van der Waals surface area contributed by atoms with Crippen LogP contribution >= 0.6 is 11.3 Å². The second kappa shape index (κ2) is 5.61. The van der Waals surface area contributed by atoms with E-state index >= 15 is 0 Å². The number of hydrogen-bond donors (Lipinski definition) is 0. The van der Waals surface area contributed by atoms with E-state index in [4.69, 9.17) is 0 Å². The highest BCUT2D eigenvalue weighted by Crippen LogP contribution is 2.37. The summed E-state index contributed by atoms with van der Waals surface area (Å²) in [5.74, 6) is 0. The van der Waals surface area contributed by atoms with E-state index in [9.17, 15) is 0 Å². The third-order valence-corrected chi connectivity index (χ3v) is 5.82. The molecule has 0 spiro atoms. The summed E-state index contributed by atoms with van der Waals surface area (Å²) in [4.78, 5) is 1.30. The number of benzene rings is 3. The van der Waals surface area contributed by atoms with Gasteiger partial charge in [-0.1, -0.05) is 60.2 Å². The van der Waals surface area contributed by atoms with E-state index in [1.54, 1.807) is 0 Å². The van der Waals surface area contributed by atoms with E-state index in [0.717, 1.165) is 0 Å². The Morgan fingerprint density at radius 2 is 1.44 bits per heavy atom. The standard InChI is InChI=1S/C23H17NS/c1-16-11-12-21-19(15-16)18-9-5-6-10-20(18)24(21)23-14-13-22(25-23)17-7-3-2-4-8-17/h2-15H,1H3. The molecule has 5 aromatic rings. The maximum Gasteiger partial charge on any atom is 0.101 e. The van der Waals surface area contributed by atoms with Crippen LogP contribution in [0.5, 0.6) is 0 Å². The number of hydrogen-bond acceptors (Lipinski definition) is 1. The number of aryl methyl sites for hydroxylation is 1. The molecular weight excluding hydrogens is 322 g/mol. The minimum atomic E-state index is 1.26. The Labute approximate surface area is 150 Å². The average Bonchev–Trinajstić information content (AvgIpc) is 3.25. The first kappa shape index (κ1) is 14.5. The van der Waals surface area contributed by atoms with Crippen LogP contribution in [-0.2, 0) is 0 Å². The molecule has 0 aliphatic heterocycles. The summed E-state index contributed by atoms with van der Waals surface area (Å²) in [7, 11) is 0. The molecule has 0 radical (unpaired) electrons. The van der Waals surface area contributed by atoms with Crippen LogP contribution in [-0.4, -0.2) is 4.57 Å². The third kappa shape index (κ3) is 2.30. The second-order valence-electron chi connectivity index (χ2n) is 6.38. The Morgan fingerprint density at radius 3 is 2.32 bits per heavy atom. The fourth-order valence-corrected chi connectivity index (χ4v) is 4.57. The zero-order valence-electron chi connectivity index (χ0n) is 13.9. The summed E-state index contributed by atoms with van der Waals surface area (Å²) in [6.07, 6.45) is 0. The summed E-state index contributed by atoms with van der Waals surface area (Å²) in [6, 6.07) is 30.5.